The Labute approximate surface area is 320 Å². The number of ether oxygens (including phenoxy) is 1. The molecule has 3 heterocycles. The Hall–Kier alpha value is -2.11. The Bertz CT molecular complexity index is 1750. The van der Waals surface area contributed by atoms with Crippen LogP contribution in [0, 0.1) is 17.3 Å². The number of phosphoric ester groups is 3. The number of nitrogens with one attached hydrogen (secondary N) is 2. The molecule has 0 bridgehead atoms. The van der Waals surface area contributed by atoms with Gasteiger partial charge in [-0.1, -0.05) is 34.6 Å². The van der Waals surface area contributed by atoms with Gasteiger partial charge in [0.25, 0.3) is 0 Å². The zero-order valence-corrected chi connectivity index (χ0v) is 34.2. The number of fused-ring (bicyclic) bond motifs is 1. The number of aliphatic hydroxyl groups excluding tert-OH is 2. The number of aliphatic hydroxyl groups is 2. The number of nitrogens with two attached hydrogens (primary N) is 1. The number of nitrogens with zero attached hydrogens (tertiary/aromatic N) is 4. The molecule has 1 aliphatic rings. The lowest BCUT2D eigenvalue weighted by Crippen LogP contribution is -2.46. The summed E-state index contributed by atoms with van der Waals surface area (Å²) in [5.74, 6) is 1.67. The van der Waals surface area contributed by atoms with Gasteiger partial charge >= 0.3 is 23.5 Å². The summed E-state index contributed by atoms with van der Waals surface area (Å²) < 4.78 is 62.2. The predicted molar refractivity (Wildman–Crippen MR) is 196 cm³/mol. The van der Waals surface area contributed by atoms with Crippen LogP contribution in [-0.2, 0) is 45.9 Å². The first-order chi connectivity index (χ1) is 25.4. The van der Waals surface area contributed by atoms with Crippen molar-refractivity contribution in [2.24, 2.45) is 17.3 Å². The zero-order valence-electron chi connectivity index (χ0n) is 30.7. The van der Waals surface area contributed by atoms with Crippen LogP contribution in [0.15, 0.2) is 12.7 Å². The van der Waals surface area contributed by atoms with Gasteiger partial charge in [-0.3, -0.25) is 27.7 Å². The number of carbonyl (C=O) groups excluding carboxylic acids is 2. The minimum Gasteiger partial charge on any atom is -0.386 e. The van der Waals surface area contributed by atoms with Gasteiger partial charge in [0.2, 0.25) is 11.8 Å². The highest BCUT2D eigenvalue weighted by atomic mass is 32.2. The first-order valence-electron chi connectivity index (χ1n) is 16.9. The van der Waals surface area contributed by atoms with Crippen LogP contribution in [0.25, 0.3) is 11.2 Å². The molecule has 2 amide bonds. The van der Waals surface area contributed by atoms with E-state index in [-0.39, 0.29) is 35.9 Å². The molecular weight excluding hydrogens is 815 g/mol. The summed E-state index contributed by atoms with van der Waals surface area (Å²) in [6.45, 7) is 7.48. The number of nitrogen functional groups attached to an aromatic ring is 1. The van der Waals surface area contributed by atoms with Crippen LogP contribution in [0.5, 0.6) is 0 Å². The topological polar surface area (TPSA) is 347 Å². The molecule has 10 N–H and O–H groups in total. The smallest absolute Gasteiger partial charge is 0.386 e. The average Bonchev–Trinajstić information content (AvgIpc) is 3.64. The molecule has 0 saturated carbocycles. The van der Waals surface area contributed by atoms with Gasteiger partial charge in [-0.05, 0) is 24.0 Å². The maximum absolute atomic E-state index is 12.7. The van der Waals surface area contributed by atoms with Gasteiger partial charge in [0.1, 0.15) is 36.3 Å². The first-order valence-corrected chi connectivity index (χ1v) is 22.6. The van der Waals surface area contributed by atoms with Crippen molar-refractivity contribution in [1.29, 1.82) is 0 Å². The van der Waals surface area contributed by atoms with Crippen LogP contribution in [-0.4, -0.2) is 123 Å². The highest BCUT2D eigenvalue weighted by molar-refractivity contribution is 7.99. The monoisotopic (exact) mass is 865 g/mol. The van der Waals surface area contributed by atoms with Crippen LogP contribution in [0.4, 0.5) is 5.82 Å². The third kappa shape index (κ3) is 14.7. The largest absolute Gasteiger partial charge is 0.481 e. The third-order valence-electron chi connectivity index (χ3n) is 8.50. The van der Waals surface area contributed by atoms with Crippen molar-refractivity contribution in [3.63, 3.8) is 0 Å². The van der Waals surface area contributed by atoms with Crippen molar-refractivity contribution in [1.82, 2.24) is 30.2 Å². The summed E-state index contributed by atoms with van der Waals surface area (Å²) in [7, 11) is -16.3. The van der Waals surface area contributed by atoms with Crippen LogP contribution >= 0.6 is 35.2 Å². The van der Waals surface area contributed by atoms with E-state index in [0.29, 0.717) is 18.4 Å². The minimum absolute atomic E-state index is 0.0339. The summed E-state index contributed by atoms with van der Waals surface area (Å²) in [6, 6.07) is 0. The van der Waals surface area contributed by atoms with Crippen molar-refractivity contribution >= 4 is 64.0 Å². The molecule has 0 spiro atoms. The molecular formula is C28H50N7O16P3S. The molecule has 0 radical (unpaired) electrons. The highest BCUT2D eigenvalue weighted by Gasteiger charge is 2.50. The summed E-state index contributed by atoms with van der Waals surface area (Å²) in [6.07, 6.45) is -5.62. The van der Waals surface area contributed by atoms with Crippen LogP contribution in [0.1, 0.15) is 53.7 Å². The number of anilines is 1. The number of aromatic nitrogens is 4. The predicted octanol–water partition coefficient (Wildman–Crippen LogP) is 0.820. The SMILES string of the molecule is CC(C)C(C)CCSCCNC(=O)CCNC(=O)C(O)C(C)(C)COP(=O)(O)OP(=O)(O)OCC1OC(n2cnc3c(N)ncnc32)C(O)C1OP(=O)(O)O. The lowest BCUT2D eigenvalue weighted by Gasteiger charge is -2.30. The van der Waals surface area contributed by atoms with Gasteiger partial charge < -0.3 is 50.9 Å². The van der Waals surface area contributed by atoms with Gasteiger partial charge in [-0.25, -0.2) is 28.6 Å². The number of phosphoric acid groups is 3. The molecule has 314 valence electrons. The number of imidazole rings is 1. The lowest BCUT2D eigenvalue weighted by molar-refractivity contribution is -0.137. The second kappa shape index (κ2) is 20.0. The van der Waals surface area contributed by atoms with Crippen LogP contribution in [0.2, 0.25) is 0 Å². The van der Waals surface area contributed by atoms with Gasteiger partial charge in [0, 0.05) is 30.7 Å². The van der Waals surface area contributed by atoms with E-state index in [1.54, 1.807) is 11.8 Å². The van der Waals surface area contributed by atoms with E-state index in [0.717, 1.165) is 35.1 Å². The molecule has 1 fully saturated rings. The Morgan fingerprint density at radius 2 is 1.71 bits per heavy atom. The quantitative estimate of drug-likeness (QED) is 0.0551. The fourth-order valence-corrected chi connectivity index (χ4v) is 8.72. The maximum atomic E-state index is 12.7. The van der Waals surface area contributed by atoms with E-state index in [1.807, 2.05) is 0 Å². The third-order valence-corrected chi connectivity index (χ3v) is 12.6. The molecule has 1 saturated heterocycles. The first kappa shape index (κ1) is 47.3. The lowest BCUT2D eigenvalue weighted by atomic mass is 9.87. The maximum Gasteiger partial charge on any atom is 0.481 e. The summed E-state index contributed by atoms with van der Waals surface area (Å²) in [4.78, 5) is 75.7. The van der Waals surface area contributed by atoms with Gasteiger partial charge in [0.15, 0.2) is 17.7 Å². The molecule has 27 heteroatoms. The Kier molecular flexibility index (Phi) is 17.2. The van der Waals surface area contributed by atoms with Crippen molar-refractivity contribution in [3.8, 4) is 0 Å². The molecule has 2 aromatic heterocycles. The van der Waals surface area contributed by atoms with Crippen LogP contribution < -0.4 is 16.4 Å². The van der Waals surface area contributed by atoms with Crippen molar-refractivity contribution in [3.05, 3.63) is 12.7 Å². The minimum atomic E-state index is -5.55. The van der Waals surface area contributed by atoms with Gasteiger partial charge in [-0.15, -0.1) is 0 Å². The van der Waals surface area contributed by atoms with E-state index in [4.69, 9.17) is 19.5 Å². The fraction of sp³-hybridized carbons (Fsp3) is 0.750. The average molecular weight is 866 g/mol. The molecule has 3 rings (SSSR count). The van der Waals surface area contributed by atoms with E-state index >= 15 is 0 Å². The molecule has 55 heavy (non-hydrogen) atoms. The molecule has 8 unspecified atom stereocenters. The second-order valence-corrected chi connectivity index (χ2v) is 19.2. The molecule has 1 aliphatic heterocycles. The zero-order chi connectivity index (χ0) is 41.4. The normalized spacial score (nSPS) is 22.6. The number of thioether (sulfide) groups is 1. The standard InChI is InChI=1S/C28H50N7O16P3S/c1-16(2)17(3)7-10-55-11-9-30-19(36)6-8-31-26(39)23(38)28(4,5)13-48-54(45,46)51-53(43,44)47-12-18-22(50-52(40,41)42)21(37)27(49-18)35-15-34-20-24(29)32-14-33-25(20)35/h14-18,21-23,27,37-38H,6-13H2,1-5H3,(H,30,36)(H,31,39)(H,43,44)(H,45,46)(H2,29,32,33)(H2,40,41,42). The summed E-state index contributed by atoms with van der Waals surface area (Å²) in [5.41, 5.74) is 4.32. The number of hydrogen-bond acceptors (Lipinski definition) is 17. The highest BCUT2D eigenvalue weighted by Crippen LogP contribution is 2.61. The molecule has 2 aromatic rings. The second-order valence-electron chi connectivity index (χ2n) is 13.7. The van der Waals surface area contributed by atoms with Gasteiger partial charge in [-0.2, -0.15) is 16.1 Å². The van der Waals surface area contributed by atoms with E-state index < -0.39 is 78.6 Å². The number of rotatable bonds is 23. The molecule has 23 nitrogen and oxygen atoms in total. The molecule has 8 atom stereocenters. The number of amides is 2. The number of hydrogen-bond donors (Lipinski definition) is 9. The van der Waals surface area contributed by atoms with Gasteiger partial charge in [0.05, 0.1) is 19.5 Å². The summed E-state index contributed by atoms with van der Waals surface area (Å²) in [5, 5.41) is 26.6. The van der Waals surface area contributed by atoms with E-state index in [9.17, 15) is 53.1 Å². The Morgan fingerprint density at radius 3 is 2.36 bits per heavy atom. The summed E-state index contributed by atoms with van der Waals surface area (Å²) >= 11 is 1.73. The van der Waals surface area contributed by atoms with E-state index in [1.165, 1.54) is 13.8 Å². The van der Waals surface area contributed by atoms with Crippen LogP contribution in [0.3, 0.4) is 0 Å². The molecule has 0 aliphatic carbocycles. The Morgan fingerprint density at radius 1 is 1.04 bits per heavy atom. The molecule has 0 aromatic carbocycles. The Balaban J connectivity index is 1.48. The van der Waals surface area contributed by atoms with E-state index in [2.05, 4.69) is 55.2 Å². The van der Waals surface area contributed by atoms with Crippen molar-refractivity contribution in [2.75, 3.05) is 43.5 Å². The fourth-order valence-electron chi connectivity index (χ4n) is 4.91. The number of carbonyl (C=O) groups is 2. The van der Waals surface area contributed by atoms with Crippen molar-refractivity contribution < 1.29 is 75.7 Å². The van der Waals surface area contributed by atoms with Crippen molar-refractivity contribution in [2.45, 2.75) is 78.1 Å².